The van der Waals surface area contributed by atoms with Crippen molar-refractivity contribution in [2.45, 2.75) is 38.0 Å². The van der Waals surface area contributed by atoms with Crippen molar-refractivity contribution in [2.75, 3.05) is 13.2 Å². The molecule has 0 saturated carbocycles. The van der Waals surface area contributed by atoms with Gasteiger partial charge in [-0.2, -0.15) is 0 Å². The average Bonchev–Trinajstić information content (AvgIpc) is 2.24. The Morgan fingerprint density at radius 3 is 1.47 bits per heavy atom. The van der Waals surface area contributed by atoms with Crippen molar-refractivity contribution >= 4 is 7.82 Å². The molecule has 0 amide bonds. The van der Waals surface area contributed by atoms with Gasteiger partial charge in [0, 0.05) is 0 Å². The fraction of sp³-hybridized carbons (Fsp3) is 1.00. The van der Waals surface area contributed by atoms with Crippen LogP contribution in [-0.4, -0.2) is 37.4 Å². The first-order valence-electron chi connectivity index (χ1n) is 4.94. The number of hydrogen-bond donors (Lipinski definition) is 0. The van der Waals surface area contributed by atoms with Gasteiger partial charge >= 0.3 is 11.8 Å². The minimum atomic E-state index is -5.51. The molecule has 0 rings (SSSR count). The molecule has 0 aromatic heterocycles. The molecule has 0 aliphatic rings. The first kappa shape index (κ1) is 18.7. The molecule has 0 spiro atoms. The number of phosphoric ester groups is 1. The zero-order valence-corrected chi connectivity index (χ0v) is 10.8. The van der Waals surface area contributed by atoms with Crippen LogP contribution < -0.4 is 4.89 Å². The van der Waals surface area contributed by atoms with Gasteiger partial charge in [0.05, 0.1) is 0 Å². The van der Waals surface area contributed by atoms with E-state index in [1.807, 2.05) is 0 Å². The summed E-state index contributed by atoms with van der Waals surface area (Å²) in [6.45, 7) is -2.89. The Balaban J connectivity index is 4.39. The number of halogens is 6. The van der Waals surface area contributed by atoms with Crippen molar-refractivity contribution in [3.8, 4) is 0 Å². The van der Waals surface area contributed by atoms with E-state index in [1.54, 1.807) is 0 Å². The van der Waals surface area contributed by atoms with E-state index in [4.69, 9.17) is 0 Å². The van der Waals surface area contributed by atoms with Crippen molar-refractivity contribution in [1.82, 2.24) is 0 Å². The minimum absolute atomic E-state index is 0.457. The first-order chi connectivity index (χ1) is 8.30. The molecule has 0 aliphatic heterocycles. The van der Waals surface area contributed by atoms with Crippen LogP contribution in [0.15, 0.2) is 0 Å². The van der Waals surface area contributed by atoms with Gasteiger partial charge < -0.3 is 13.9 Å². The van der Waals surface area contributed by atoms with E-state index in [9.17, 15) is 35.8 Å². The Hall–Kier alpha value is -0.310. The van der Waals surface area contributed by atoms with Gasteiger partial charge in [0.2, 0.25) is 0 Å². The Morgan fingerprint density at radius 2 is 1.26 bits per heavy atom. The van der Waals surface area contributed by atoms with Crippen LogP contribution in [0.25, 0.3) is 0 Å². The quantitative estimate of drug-likeness (QED) is 0.510. The molecule has 0 fully saturated rings. The van der Waals surface area contributed by atoms with Gasteiger partial charge in [0.15, 0.2) is 12.3 Å². The minimum Gasteiger partial charge on any atom is -0.756 e. The highest BCUT2D eigenvalue weighted by Crippen LogP contribution is 2.42. The summed E-state index contributed by atoms with van der Waals surface area (Å²) in [5.74, 6) is -8.25. The zero-order chi connectivity index (χ0) is 15.5. The molecule has 19 heavy (non-hydrogen) atoms. The van der Waals surface area contributed by atoms with E-state index < -0.39 is 45.2 Å². The molecule has 2 atom stereocenters. The van der Waals surface area contributed by atoms with Crippen molar-refractivity contribution in [3.63, 3.8) is 0 Å². The summed E-state index contributed by atoms with van der Waals surface area (Å²) in [7, 11) is -5.51. The lowest BCUT2D eigenvalue weighted by molar-refractivity contribution is -0.240. The maximum atomic E-state index is 12.7. The number of alkyl halides is 6. The third-order valence-corrected chi connectivity index (χ3v) is 2.88. The van der Waals surface area contributed by atoms with Crippen molar-refractivity contribution in [1.29, 1.82) is 0 Å². The molecule has 0 aromatic rings. The second-order valence-electron chi connectivity index (χ2n) is 3.75. The van der Waals surface area contributed by atoms with Gasteiger partial charge in [-0.3, -0.25) is 4.57 Å². The summed E-state index contributed by atoms with van der Waals surface area (Å²) in [6.07, 6.45) is -5.42. The second kappa shape index (κ2) is 6.43. The Morgan fingerprint density at radius 1 is 1.00 bits per heavy atom. The number of rotatable bonds is 8. The summed E-state index contributed by atoms with van der Waals surface area (Å²) in [6, 6.07) is 0. The van der Waals surface area contributed by atoms with E-state index in [0.29, 0.717) is 13.8 Å². The maximum absolute atomic E-state index is 12.7. The second-order valence-corrected chi connectivity index (χ2v) is 5.16. The van der Waals surface area contributed by atoms with Gasteiger partial charge in [-0.15, -0.1) is 0 Å². The van der Waals surface area contributed by atoms with E-state index in [1.165, 1.54) is 0 Å². The highest BCUT2D eigenvalue weighted by atomic mass is 31.2. The van der Waals surface area contributed by atoms with Crippen LogP contribution in [0.3, 0.4) is 0 Å². The molecule has 0 heterocycles. The number of hydrogen-bond acceptors (Lipinski definition) is 4. The topological polar surface area (TPSA) is 58.6 Å². The van der Waals surface area contributed by atoms with Crippen LogP contribution in [0.2, 0.25) is 0 Å². The first-order valence-corrected chi connectivity index (χ1v) is 6.40. The number of phosphoric acid groups is 1. The molecule has 0 radical (unpaired) electrons. The lowest BCUT2D eigenvalue weighted by Gasteiger charge is -2.28. The maximum Gasteiger partial charge on any atom is 0.301 e. The van der Waals surface area contributed by atoms with E-state index >= 15 is 0 Å². The van der Waals surface area contributed by atoms with E-state index in [2.05, 4.69) is 9.05 Å². The molecule has 0 saturated heterocycles. The summed E-state index contributed by atoms with van der Waals surface area (Å²) in [5, 5.41) is 0. The Kier molecular flexibility index (Phi) is 6.32. The van der Waals surface area contributed by atoms with Crippen LogP contribution in [-0.2, 0) is 13.6 Å². The van der Waals surface area contributed by atoms with Gasteiger partial charge in [0.1, 0.15) is 13.2 Å². The third-order valence-electron chi connectivity index (χ3n) is 1.99. The summed E-state index contributed by atoms with van der Waals surface area (Å²) in [4.78, 5) is 10.8. The van der Waals surface area contributed by atoms with Crippen molar-refractivity contribution in [3.05, 3.63) is 0 Å². The van der Waals surface area contributed by atoms with Gasteiger partial charge in [-0.05, 0) is 13.8 Å². The molecule has 0 aliphatic carbocycles. The van der Waals surface area contributed by atoms with Gasteiger partial charge in [-0.25, -0.2) is 26.3 Å². The molecule has 0 aromatic carbocycles. The Labute approximate surface area is 105 Å². The molecule has 11 heteroatoms. The van der Waals surface area contributed by atoms with Crippen LogP contribution >= 0.6 is 7.82 Å². The molecule has 4 nitrogen and oxygen atoms in total. The van der Waals surface area contributed by atoms with Crippen LogP contribution in [0.1, 0.15) is 13.8 Å². The normalized spacial score (nSPS) is 19.8. The fourth-order valence-corrected chi connectivity index (χ4v) is 1.33. The monoisotopic (exact) mass is 317 g/mol. The predicted molar refractivity (Wildman–Crippen MR) is 50.5 cm³/mol. The molecular weight excluding hydrogens is 305 g/mol. The smallest absolute Gasteiger partial charge is 0.301 e. The molecule has 0 bridgehead atoms. The average molecular weight is 317 g/mol. The summed E-state index contributed by atoms with van der Waals surface area (Å²) >= 11 is 0. The SMILES string of the molecule is CC(F)C(F)(F)COP(=O)([O-])OCC(F)(F)C(C)F. The standard InChI is InChI=1S/C8H13F6O4P/c1-5(9)7(11,12)3-17-19(15,16)18-4-8(13,14)6(2)10/h5-6H,3-4H2,1-2H3,(H,15,16)/p-1. The fourth-order valence-electron chi connectivity index (χ4n) is 0.597. The predicted octanol–water partition coefficient (Wildman–Crippen LogP) is 2.47. The van der Waals surface area contributed by atoms with Crippen molar-refractivity contribution in [2.24, 2.45) is 0 Å². The van der Waals surface area contributed by atoms with Gasteiger partial charge in [0.25, 0.3) is 7.82 Å². The third kappa shape index (κ3) is 6.60. The lowest BCUT2D eigenvalue weighted by atomic mass is 10.2. The largest absolute Gasteiger partial charge is 0.756 e. The lowest BCUT2D eigenvalue weighted by Crippen LogP contribution is -2.35. The molecule has 116 valence electrons. The molecule has 2 unspecified atom stereocenters. The van der Waals surface area contributed by atoms with E-state index in [0.717, 1.165) is 0 Å². The summed E-state index contributed by atoms with van der Waals surface area (Å²) in [5.41, 5.74) is 0. The van der Waals surface area contributed by atoms with Crippen LogP contribution in [0, 0.1) is 0 Å². The molecule has 0 N–H and O–H groups in total. The molecular formula is C8H12F6O4P-. The van der Waals surface area contributed by atoms with Crippen LogP contribution in [0.4, 0.5) is 26.3 Å². The van der Waals surface area contributed by atoms with Crippen LogP contribution in [0.5, 0.6) is 0 Å². The summed E-state index contributed by atoms with van der Waals surface area (Å²) < 4.78 is 93.2. The highest BCUT2D eigenvalue weighted by molar-refractivity contribution is 7.45. The van der Waals surface area contributed by atoms with Gasteiger partial charge in [-0.1, -0.05) is 0 Å². The zero-order valence-electron chi connectivity index (χ0n) is 9.92. The van der Waals surface area contributed by atoms with Crippen molar-refractivity contribution < 1.29 is 44.8 Å². The Bertz CT molecular complexity index is 307. The highest BCUT2D eigenvalue weighted by Gasteiger charge is 2.41. The van der Waals surface area contributed by atoms with E-state index in [-0.39, 0.29) is 0 Å².